The Morgan fingerprint density at radius 2 is 2.16 bits per heavy atom. The number of halogens is 1. The van der Waals surface area contributed by atoms with Crippen LogP contribution in [0.4, 0.5) is 4.39 Å². The molecule has 0 saturated carbocycles. The van der Waals surface area contributed by atoms with E-state index in [4.69, 9.17) is 9.84 Å². The van der Waals surface area contributed by atoms with Crippen molar-refractivity contribution in [3.8, 4) is 0 Å². The summed E-state index contributed by atoms with van der Waals surface area (Å²) in [5.74, 6) is -0.671. The molecule has 1 aromatic carbocycles. The Kier molecular flexibility index (Phi) is 5.86. The molecule has 0 aliphatic carbocycles. The Bertz CT molecular complexity index is 518. The molecule has 0 aliphatic rings. The SMILES string of the molecule is CCOCC(C)NS(=O)(=O)c1cc(F)ccc1CO. The smallest absolute Gasteiger partial charge is 0.241 e. The summed E-state index contributed by atoms with van der Waals surface area (Å²) in [5, 5.41) is 9.11. The molecule has 0 heterocycles. The number of rotatable bonds is 7. The van der Waals surface area contributed by atoms with Crippen LogP contribution in [0.15, 0.2) is 23.1 Å². The standard InChI is InChI=1S/C12H18FNO4S/c1-3-18-8-9(2)14-19(16,17)12-6-11(13)5-4-10(12)7-15/h4-6,9,14-15H,3,7-8H2,1-2H3. The molecule has 1 unspecified atom stereocenters. The molecule has 0 spiro atoms. The van der Waals surface area contributed by atoms with E-state index in [0.29, 0.717) is 6.61 Å². The summed E-state index contributed by atoms with van der Waals surface area (Å²) < 4.78 is 44.8. The van der Waals surface area contributed by atoms with Crippen LogP contribution < -0.4 is 4.72 Å². The summed E-state index contributed by atoms with van der Waals surface area (Å²) in [6, 6.07) is 2.80. The van der Waals surface area contributed by atoms with Gasteiger partial charge in [0, 0.05) is 12.6 Å². The predicted molar refractivity (Wildman–Crippen MR) is 68.6 cm³/mol. The van der Waals surface area contributed by atoms with Crippen LogP contribution in [-0.2, 0) is 21.4 Å². The van der Waals surface area contributed by atoms with Gasteiger partial charge in [0.15, 0.2) is 0 Å². The van der Waals surface area contributed by atoms with Gasteiger partial charge in [0.05, 0.1) is 18.1 Å². The van der Waals surface area contributed by atoms with E-state index in [-0.39, 0.29) is 17.1 Å². The summed E-state index contributed by atoms with van der Waals surface area (Å²) in [4.78, 5) is -0.252. The average molecular weight is 291 g/mol. The van der Waals surface area contributed by atoms with Gasteiger partial charge in [0.2, 0.25) is 10.0 Å². The first-order valence-electron chi connectivity index (χ1n) is 5.90. The molecule has 1 rings (SSSR count). The third kappa shape index (κ3) is 4.54. The van der Waals surface area contributed by atoms with Crippen LogP contribution in [0.1, 0.15) is 19.4 Å². The summed E-state index contributed by atoms with van der Waals surface area (Å²) in [6.45, 7) is 3.67. The first-order valence-corrected chi connectivity index (χ1v) is 7.38. The van der Waals surface area contributed by atoms with E-state index < -0.39 is 28.5 Å². The van der Waals surface area contributed by atoms with Crippen molar-refractivity contribution in [3.05, 3.63) is 29.6 Å². The van der Waals surface area contributed by atoms with Crippen molar-refractivity contribution in [3.63, 3.8) is 0 Å². The Labute approximate surface area is 112 Å². The monoisotopic (exact) mass is 291 g/mol. The lowest BCUT2D eigenvalue weighted by molar-refractivity contribution is 0.133. The van der Waals surface area contributed by atoms with Crippen molar-refractivity contribution in [2.45, 2.75) is 31.4 Å². The zero-order valence-corrected chi connectivity index (χ0v) is 11.7. The topological polar surface area (TPSA) is 75.6 Å². The highest BCUT2D eigenvalue weighted by Gasteiger charge is 2.21. The fourth-order valence-corrected chi connectivity index (χ4v) is 3.04. The van der Waals surface area contributed by atoms with Gasteiger partial charge in [-0.15, -0.1) is 0 Å². The maximum atomic E-state index is 13.2. The number of benzene rings is 1. The van der Waals surface area contributed by atoms with Crippen LogP contribution in [0, 0.1) is 5.82 Å². The Morgan fingerprint density at radius 3 is 2.74 bits per heavy atom. The Morgan fingerprint density at radius 1 is 1.47 bits per heavy atom. The molecule has 5 nitrogen and oxygen atoms in total. The molecule has 1 aromatic rings. The molecule has 0 saturated heterocycles. The largest absolute Gasteiger partial charge is 0.392 e. The number of aliphatic hydroxyl groups excluding tert-OH is 1. The van der Waals surface area contributed by atoms with E-state index in [1.54, 1.807) is 13.8 Å². The molecule has 0 bridgehead atoms. The Balaban J connectivity index is 2.96. The second kappa shape index (κ2) is 6.95. The van der Waals surface area contributed by atoms with Gasteiger partial charge in [-0.3, -0.25) is 0 Å². The van der Waals surface area contributed by atoms with Gasteiger partial charge in [0.25, 0.3) is 0 Å². The van der Waals surface area contributed by atoms with Crippen molar-refractivity contribution < 1.29 is 22.7 Å². The number of ether oxygens (including phenoxy) is 1. The lowest BCUT2D eigenvalue weighted by atomic mass is 10.2. The van der Waals surface area contributed by atoms with E-state index in [0.717, 1.165) is 12.1 Å². The van der Waals surface area contributed by atoms with Gasteiger partial charge in [-0.25, -0.2) is 17.5 Å². The number of hydrogen-bond acceptors (Lipinski definition) is 4. The second-order valence-electron chi connectivity index (χ2n) is 4.09. The van der Waals surface area contributed by atoms with Gasteiger partial charge in [0.1, 0.15) is 5.82 Å². The van der Waals surface area contributed by atoms with Gasteiger partial charge in [-0.2, -0.15) is 0 Å². The van der Waals surface area contributed by atoms with Crippen LogP contribution >= 0.6 is 0 Å². The van der Waals surface area contributed by atoms with E-state index in [2.05, 4.69) is 4.72 Å². The average Bonchev–Trinajstić information content (AvgIpc) is 2.35. The van der Waals surface area contributed by atoms with Crippen molar-refractivity contribution in [1.29, 1.82) is 0 Å². The summed E-state index contributed by atoms with van der Waals surface area (Å²) >= 11 is 0. The van der Waals surface area contributed by atoms with Crippen LogP contribution in [0.2, 0.25) is 0 Å². The molecule has 19 heavy (non-hydrogen) atoms. The third-order valence-electron chi connectivity index (χ3n) is 2.42. The highest BCUT2D eigenvalue weighted by Crippen LogP contribution is 2.17. The minimum absolute atomic E-state index is 0.150. The second-order valence-corrected chi connectivity index (χ2v) is 5.77. The minimum atomic E-state index is -3.89. The number of nitrogens with one attached hydrogen (secondary N) is 1. The van der Waals surface area contributed by atoms with E-state index in [1.165, 1.54) is 6.07 Å². The van der Waals surface area contributed by atoms with Crippen molar-refractivity contribution >= 4 is 10.0 Å². The maximum absolute atomic E-state index is 13.2. The zero-order chi connectivity index (χ0) is 14.5. The highest BCUT2D eigenvalue weighted by molar-refractivity contribution is 7.89. The molecule has 0 amide bonds. The zero-order valence-electron chi connectivity index (χ0n) is 10.9. The molecule has 1 atom stereocenters. The summed E-state index contributed by atoms with van der Waals surface area (Å²) in [7, 11) is -3.89. The molecule has 0 fully saturated rings. The van der Waals surface area contributed by atoms with Crippen molar-refractivity contribution in [2.24, 2.45) is 0 Å². The fourth-order valence-electron chi connectivity index (χ4n) is 1.57. The minimum Gasteiger partial charge on any atom is -0.392 e. The first kappa shape index (κ1) is 16.0. The number of aliphatic hydroxyl groups is 1. The van der Waals surface area contributed by atoms with E-state index in [1.807, 2.05) is 0 Å². The number of hydrogen-bond donors (Lipinski definition) is 2. The molecular formula is C12H18FNO4S. The maximum Gasteiger partial charge on any atom is 0.241 e. The molecule has 0 radical (unpaired) electrons. The summed E-state index contributed by atoms with van der Waals surface area (Å²) in [6.07, 6.45) is 0. The van der Waals surface area contributed by atoms with E-state index >= 15 is 0 Å². The lowest BCUT2D eigenvalue weighted by Gasteiger charge is -2.15. The van der Waals surface area contributed by atoms with Gasteiger partial charge in [-0.05, 0) is 31.5 Å². The van der Waals surface area contributed by atoms with Crippen LogP contribution in [-0.4, -0.2) is 32.8 Å². The van der Waals surface area contributed by atoms with Gasteiger partial charge in [-0.1, -0.05) is 6.07 Å². The Hall–Kier alpha value is -1.02. The highest BCUT2D eigenvalue weighted by atomic mass is 32.2. The van der Waals surface area contributed by atoms with E-state index in [9.17, 15) is 12.8 Å². The van der Waals surface area contributed by atoms with Crippen LogP contribution in [0.3, 0.4) is 0 Å². The number of sulfonamides is 1. The molecule has 108 valence electrons. The molecule has 0 aromatic heterocycles. The van der Waals surface area contributed by atoms with Crippen molar-refractivity contribution in [2.75, 3.05) is 13.2 Å². The summed E-state index contributed by atoms with van der Waals surface area (Å²) in [5.41, 5.74) is 0.150. The first-order chi connectivity index (χ1) is 8.90. The third-order valence-corrected chi connectivity index (χ3v) is 4.09. The fraction of sp³-hybridized carbons (Fsp3) is 0.500. The normalized spacial score (nSPS) is 13.5. The molecule has 2 N–H and O–H groups in total. The molecule has 7 heteroatoms. The predicted octanol–water partition coefficient (Wildman–Crippen LogP) is 1.02. The van der Waals surface area contributed by atoms with Gasteiger partial charge < -0.3 is 9.84 Å². The lowest BCUT2D eigenvalue weighted by Crippen LogP contribution is -2.36. The van der Waals surface area contributed by atoms with Crippen LogP contribution in [0.5, 0.6) is 0 Å². The molecular weight excluding hydrogens is 273 g/mol. The van der Waals surface area contributed by atoms with Crippen molar-refractivity contribution in [1.82, 2.24) is 4.72 Å². The van der Waals surface area contributed by atoms with Gasteiger partial charge >= 0.3 is 0 Å². The van der Waals surface area contributed by atoms with Crippen LogP contribution in [0.25, 0.3) is 0 Å². The molecule has 0 aliphatic heterocycles. The quantitative estimate of drug-likeness (QED) is 0.786.